The molecule has 188 valence electrons. The molecule has 4 rings (SSSR count). The summed E-state index contributed by atoms with van der Waals surface area (Å²) in [5, 5.41) is 11.1. The van der Waals surface area contributed by atoms with Crippen molar-refractivity contribution in [3.05, 3.63) is 47.0 Å². The summed E-state index contributed by atoms with van der Waals surface area (Å²) in [5.41, 5.74) is 6.11. The number of carbonyl (C=O) groups is 2. The summed E-state index contributed by atoms with van der Waals surface area (Å²) < 4.78 is 15.5. The monoisotopic (exact) mass is 504 g/mol. The van der Waals surface area contributed by atoms with Gasteiger partial charge in [-0.05, 0) is 42.3 Å². The number of hydrazine groups is 1. The Morgan fingerprint density at radius 3 is 2.60 bits per heavy atom. The van der Waals surface area contributed by atoms with Crippen molar-refractivity contribution in [2.75, 3.05) is 23.4 Å². The van der Waals surface area contributed by atoms with Gasteiger partial charge in [-0.15, -0.1) is 0 Å². The zero-order chi connectivity index (χ0) is 24.8. The highest BCUT2D eigenvalue weighted by Crippen LogP contribution is 2.38. The second-order valence-electron chi connectivity index (χ2n) is 9.12. The summed E-state index contributed by atoms with van der Waals surface area (Å²) >= 11 is 6.13. The minimum absolute atomic E-state index is 0.0237. The Morgan fingerprint density at radius 1 is 1.14 bits per heavy atom. The van der Waals surface area contributed by atoms with E-state index in [0.29, 0.717) is 18.9 Å². The molecule has 11 heteroatoms. The molecule has 2 atom stereocenters. The van der Waals surface area contributed by atoms with Gasteiger partial charge in [-0.3, -0.25) is 15.6 Å². The van der Waals surface area contributed by atoms with Crippen molar-refractivity contribution < 1.29 is 19.1 Å². The Bertz CT molecular complexity index is 1040. The van der Waals surface area contributed by atoms with Crippen LogP contribution in [0.3, 0.4) is 0 Å². The molecule has 2 heterocycles. The fourth-order valence-electron chi connectivity index (χ4n) is 5.09. The van der Waals surface area contributed by atoms with Gasteiger partial charge in [-0.2, -0.15) is 14.4 Å². The summed E-state index contributed by atoms with van der Waals surface area (Å²) in [6.45, 7) is 0.587. The molecular formula is C24H30ClFN6O3. The zero-order valence-corrected chi connectivity index (χ0v) is 20.1. The lowest BCUT2D eigenvalue weighted by molar-refractivity contribution is -0.124. The van der Waals surface area contributed by atoms with Gasteiger partial charge < -0.3 is 15.3 Å². The Kier molecular flexibility index (Phi) is 8.22. The number of aromatic nitrogens is 2. The molecule has 1 aliphatic carbocycles. The predicted molar refractivity (Wildman–Crippen MR) is 131 cm³/mol. The Morgan fingerprint density at radius 2 is 1.89 bits per heavy atom. The van der Waals surface area contributed by atoms with Crippen LogP contribution < -0.4 is 21.1 Å². The number of nitrogens with zero attached hydrogens (tertiary/aromatic N) is 3. The fourth-order valence-corrected chi connectivity index (χ4v) is 5.25. The minimum Gasteiger partial charge on any atom is -0.465 e. The van der Waals surface area contributed by atoms with E-state index in [4.69, 9.17) is 16.7 Å². The lowest BCUT2D eigenvalue weighted by atomic mass is 9.92. The van der Waals surface area contributed by atoms with Gasteiger partial charge in [0.1, 0.15) is 0 Å². The van der Waals surface area contributed by atoms with Crippen molar-refractivity contribution in [2.24, 2.45) is 11.8 Å². The van der Waals surface area contributed by atoms with Gasteiger partial charge in [0, 0.05) is 13.1 Å². The van der Waals surface area contributed by atoms with Crippen LogP contribution in [0, 0.1) is 17.7 Å². The molecule has 1 aromatic heterocycles. The SMILES string of the molecule is O=C(O)NC[C@@H](CC1CCCC1)C(=O)NNc1nc(Cl)nc(N2CCC[C@H]2c2ccccc2)c1F. The molecule has 0 bridgehead atoms. The quantitative estimate of drug-likeness (QED) is 0.293. The maximum Gasteiger partial charge on any atom is 0.404 e. The molecule has 2 aromatic rings. The van der Waals surface area contributed by atoms with Crippen LogP contribution in [0.1, 0.15) is 56.6 Å². The van der Waals surface area contributed by atoms with Crippen molar-refractivity contribution in [3.63, 3.8) is 0 Å². The molecule has 0 spiro atoms. The number of rotatable bonds is 9. The summed E-state index contributed by atoms with van der Waals surface area (Å²) in [4.78, 5) is 33.8. The van der Waals surface area contributed by atoms with Crippen molar-refractivity contribution in [1.29, 1.82) is 0 Å². The Labute approximate surface area is 208 Å². The van der Waals surface area contributed by atoms with Crippen LogP contribution in [0.5, 0.6) is 0 Å². The third kappa shape index (κ3) is 6.30. The molecular weight excluding hydrogens is 475 g/mol. The summed E-state index contributed by atoms with van der Waals surface area (Å²) in [5.74, 6) is -1.55. The smallest absolute Gasteiger partial charge is 0.404 e. The van der Waals surface area contributed by atoms with Crippen molar-refractivity contribution >= 4 is 35.2 Å². The number of amides is 2. The Balaban J connectivity index is 1.48. The number of carbonyl (C=O) groups excluding carboxylic acids is 1. The predicted octanol–water partition coefficient (Wildman–Crippen LogP) is 4.52. The molecule has 4 N–H and O–H groups in total. The van der Waals surface area contributed by atoms with E-state index in [2.05, 4.69) is 26.1 Å². The molecule has 1 saturated carbocycles. The largest absolute Gasteiger partial charge is 0.465 e. The average Bonchev–Trinajstić information content (AvgIpc) is 3.54. The lowest BCUT2D eigenvalue weighted by Crippen LogP contribution is -2.42. The van der Waals surface area contributed by atoms with Gasteiger partial charge >= 0.3 is 6.09 Å². The van der Waals surface area contributed by atoms with Crippen molar-refractivity contribution in [3.8, 4) is 0 Å². The van der Waals surface area contributed by atoms with E-state index >= 15 is 4.39 Å². The molecule has 35 heavy (non-hydrogen) atoms. The number of carboxylic acid groups (broad SMARTS) is 1. The van der Waals surface area contributed by atoms with Crippen LogP contribution in [0.25, 0.3) is 0 Å². The number of benzene rings is 1. The first-order chi connectivity index (χ1) is 16.9. The minimum atomic E-state index is -1.20. The molecule has 9 nitrogen and oxygen atoms in total. The first-order valence-electron chi connectivity index (χ1n) is 12.0. The maximum atomic E-state index is 15.5. The van der Waals surface area contributed by atoms with E-state index in [9.17, 15) is 9.59 Å². The summed E-state index contributed by atoms with van der Waals surface area (Å²) in [6, 6.07) is 9.77. The average molecular weight is 505 g/mol. The van der Waals surface area contributed by atoms with E-state index < -0.39 is 23.7 Å². The first-order valence-corrected chi connectivity index (χ1v) is 12.4. The van der Waals surface area contributed by atoms with Crippen LogP contribution >= 0.6 is 11.6 Å². The van der Waals surface area contributed by atoms with Gasteiger partial charge in [0.2, 0.25) is 17.0 Å². The first kappa shape index (κ1) is 25.0. The van der Waals surface area contributed by atoms with E-state index in [1.54, 1.807) is 0 Å². The van der Waals surface area contributed by atoms with Crippen LogP contribution in [0.2, 0.25) is 5.28 Å². The molecule has 0 radical (unpaired) electrons. The van der Waals surface area contributed by atoms with Crippen LogP contribution in [-0.2, 0) is 4.79 Å². The van der Waals surface area contributed by atoms with E-state index in [1.807, 2.05) is 35.2 Å². The highest BCUT2D eigenvalue weighted by molar-refractivity contribution is 6.28. The molecule has 1 saturated heterocycles. The second kappa shape index (κ2) is 11.5. The van der Waals surface area contributed by atoms with E-state index in [0.717, 1.165) is 44.1 Å². The van der Waals surface area contributed by atoms with E-state index in [-0.39, 0.29) is 29.5 Å². The van der Waals surface area contributed by atoms with E-state index in [1.165, 1.54) is 0 Å². The second-order valence-corrected chi connectivity index (χ2v) is 9.46. The Hall–Kier alpha value is -3.14. The fraction of sp³-hybridized carbons (Fsp3) is 0.500. The van der Waals surface area contributed by atoms with Crippen molar-refractivity contribution in [2.45, 2.75) is 51.0 Å². The number of anilines is 2. The van der Waals surface area contributed by atoms with Crippen LogP contribution in [0.4, 0.5) is 20.8 Å². The molecule has 1 aromatic carbocycles. The van der Waals surface area contributed by atoms with Crippen molar-refractivity contribution in [1.82, 2.24) is 20.7 Å². The number of halogens is 2. The molecule has 2 fully saturated rings. The number of nitrogens with one attached hydrogen (secondary N) is 3. The van der Waals surface area contributed by atoms with Gasteiger partial charge in [0.15, 0.2) is 11.6 Å². The maximum absolute atomic E-state index is 15.5. The number of hydrogen-bond acceptors (Lipinski definition) is 6. The van der Waals surface area contributed by atoms with Gasteiger partial charge in [0.05, 0.1) is 12.0 Å². The van der Waals surface area contributed by atoms with Gasteiger partial charge in [-0.1, -0.05) is 56.0 Å². The lowest BCUT2D eigenvalue weighted by Gasteiger charge is -2.27. The van der Waals surface area contributed by atoms with Gasteiger partial charge in [-0.25, -0.2) is 4.79 Å². The molecule has 2 aliphatic rings. The summed E-state index contributed by atoms with van der Waals surface area (Å²) in [6.07, 6.45) is 5.33. The normalized spacial score (nSPS) is 18.9. The number of hydrogen-bond donors (Lipinski definition) is 4. The topological polar surface area (TPSA) is 119 Å². The van der Waals surface area contributed by atoms with Crippen LogP contribution in [-0.4, -0.2) is 40.2 Å². The third-order valence-corrected chi connectivity index (χ3v) is 6.95. The highest BCUT2D eigenvalue weighted by Gasteiger charge is 2.31. The zero-order valence-electron chi connectivity index (χ0n) is 19.3. The molecule has 0 unspecified atom stereocenters. The third-order valence-electron chi connectivity index (χ3n) is 6.78. The summed E-state index contributed by atoms with van der Waals surface area (Å²) in [7, 11) is 0. The highest BCUT2D eigenvalue weighted by atomic mass is 35.5. The molecule has 2 amide bonds. The molecule has 1 aliphatic heterocycles. The van der Waals surface area contributed by atoms with Crippen LogP contribution in [0.15, 0.2) is 30.3 Å². The standard InChI is InChI=1S/C24H30ClFN6O3/c25-23-28-20(30-31-22(33)17(14-27-24(34)35)13-15-7-4-5-8-15)19(26)21(29-23)32-12-6-11-18(32)16-9-2-1-3-10-16/h1-3,9-10,15,17-18,27H,4-8,11-14H2,(H,31,33)(H,34,35)(H,28,29,30)/t17-,18+/m1/s1. The van der Waals surface area contributed by atoms with Gasteiger partial charge in [0.25, 0.3) is 0 Å².